The van der Waals surface area contributed by atoms with E-state index in [1.54, 1.807) is 6.20 Å². The minimum atomic E-state index is -0.0167. The quantitative estimate of drug-likeness (QED) is 0.792. The van der Waals surface area contributed by atoms with Gasteiger partial charge in [0.15, 0.2) is 0 Å². The van der Waals surface area contributed by atoms with Crippen molar-refractivity contribution in [1.82, 2.24) is 4.98 Å². The summed E-state index contributed by atoms with van der Waals surface area (Å²) in [5.74, 6) is -0.0167. The van der Waals surface area contributed by atoms with Gasteiger partial charge in [0.05, 0.1) is 17.6 Å². The summed E-state index contributed by atoms with van der Waals surface area (Å²) in [4.78, 5) is 16.5. The summed E-state index contributed by atoms with van der Waals surface area (Å²) in [6, 6.07) is 17.6. The Bertz CT molecular complexity index is 791. The van der Waals surface area contributed by atoms with E-state index in [0.717, 1.165) is 27.7 Å². The number of aromatic nitrogens is 1. The van der Waals surface area contributed by atoms with Crippen LogP contribution in [0, 0.1) is 6.92 Å². The van der Waals surface area contributed by atoms with Crippen LogP contribution in [0.3, 0.4) is 0 Å². The molecule has 0 spiro atoms. The lowest BCUT2D eigenvalue weighted by molar-refractivity contribution is -0.115. The smallest absolute Gasteiger partial charge is 0.228 e. The molecule has 1 heterocycles. The van der Waals surface area contributed by atoms with Gasteiger partial charge in [-0.3, -0.25) is 9.78 Å². The number of hydrogen-bond acceptors (Lipinski definition) is 2. The molecule has 0 aliphatic heterocycles. The van der Waals surface area contributed by atoms with Crippen LogP contribution < -0.4 is 5.32 Å². The van der Waals surface area contributed by atoms with Crippen LogP contribution in [0.5, 0.6) is 0 Å². The maximum absolute atomic E-state index is 12.2. The number of amides is 1. The number of nitrogens with zero attached hydrogens (tertiary/aromatic N) is 1. The first-order chi connectivity index (χ1) is 10.2. The molecular weight excluding hydrogens is 260 g/mol. The first-order valence-corrected chi connectivity index (χ1v) is 6.91. The Balaban J connectivity index is 1.80. The highest BCUT2D eigenvalue weighted by molar-refractivity contribution is 6.01. The predicted molar refractivity (Wildman–Crippen MR) is 85.3 cm³/mol. The van der Waals surface area contributed by atoms with Crippen molar-refractivity contribution >= 4 is 22.5 Å². The lowest BCUT2D eigenvalue weighted by Gasteiger charge is -2.08. The van der Waals surface area contributed by atoms with E-state index in [1.807, 2.05) is 61.5 Å². The summed E-state index contributed by atoms with van der Waals surface area (Å²) in [5.41, 5.74) is 3.87. The third-order valence-corrected chi connectivity index (χ3v) is 3.37. The topological polar surface area (TPSA) is 42.0 Å². The molecule has 0 fully saturated rings. The molecule has 0 saturated heterocycles. The highest BCUT2D eigenvalue weighted by Gasteiger charge is 2.07. The molecule has 0 aliphatic rings. The molecule has 0 aliphatic carbocycles. The summed E-state index contributed by atoms with van der Waals surface area (Å²) in [6.07, 6.45) is 2.12. The Hall–Kier alpha value is -2.68. The third-order valence-electron chi connectivity index (χ3n) is 3.37. The molecule has 104 valence electrons. The molecule has 3 heteroatoms. The fraction of sp³-hybridized carbons (Fsp3) is 0.111. The molecule has 0 atom stereocenters. The normalized spacial score (nSPS) is 10.5. The van der Waals surface area contributed by atoms with Crippen molar-refractivity contribution in [1.29, 1.82) is 0 Å². The third kappa shape index (κ3) is 3.08. The highest BCUT2D eigenvalue weighted by atomic mass is 16.1. The number of rotatable bonds is 3. The number of benzene rings is 2. The lowest BCUT2D eigenvalue weighted by Crippen LogP contribution is -2.14. The van der Waals surface area contributed by atoms with Crippen LogP contribution in [0.2, 0.25) is 0 Å². The standard InChI is InChI=1S/C18H16N2O/c1-13-5-2-6-14(11-13)12-18(21)20-17-9-3-8-16-15(17)7-4-10-19-16/h2-11H,12H2,1H3,(H,20,21). The van der Waals surface area contributed by atoms with E-state index in [4.69, 9.17) is 0 Å². The molecular formula is C18H16N2O. The monoisotopic (exact) mass is 276 g/mol. The van der Waals surface area contributed by atoms with Gasteiger partial charge in [-0.15, -0.1) is 0 Å². The van der Waals surface area contributed by atoms with Gasteiger partial charge in [0.25, 0.3) is 0 Å². The minimum Gasteiger partial charge on any atom is -0.325 e. The van der Waals surface area contributed by atoms with Gasteiger partial charge >= 0.3 is 0 Å². The van der Waals surface area contributed by atoms with Gasteiger partial charge in [0, 0.05) is 11.6 Å². The summed E-state index contributed by atoms with van der Waals surface area (Å²) in [5, 5.41) is 3.93. The second-order valence-electron chi connectivity index (χ2n) is 5.09. The predicted octanol–water partition coefficient (Wildman–Crippen LogP) is 3.72. The molecule has 0 radical (unpaired) electrons. The van der Waals surface area contributed by atoms with Crippen molar-refractivity contribution in [3.63, 3.8) is 0 Å². The van der Waals surface area contributed by atoms with Gasteiger partial charge in [-0.25, -0.2) is 0 Å². The van der Waals surface area contributed by atoms with Gasteiger partial charge in [-0.2, -0.15) is 0 Å². The van der Waals surface area contributed by atoms with E-state index in [2.05, 4.69) is 10.3 Å². The van der Waals surface area contributed by atoms with Gasteiger partial charge in [-0.1, -0.05) is 35.9 Å². The van der Waals surface area contributed by atoms with Crippen LogP contribution in [-0.2, 0) is 11.2 Å². The molecule has 0 unspecified atom stereocenters. The summed E-state index contributed by atoms with van der Waals surface area (Å²) in [7, 11) is 0. The van der Waals surface area contributed by atoms with Crippen LogP contribution in [0.15, 0.2) is 60.8 Å². The molecule has 0 saturated carbocycles. The Morgan fingerprint density at radius 2 is 1.95 bits per heavy atom. The number of aryl methyl sites for hydroxylation is 1. The van der Waals surface area contributed by atoms with Crippen LogP contribution in [0.25, 0.3) is 10.9 Å². The summed E-state index contributed by atoms with van der Waals surface area (Å²) >= 11 is 0. The van der Waals surface area contributed by atoms with Gasteiger partial charge in [-0.05, 0) is 36.8 Å². The summed E-state index contributed by atoms with van der Waals surface area (Å²) < 4.78 is 0. The molecule has 1 amide bonds. The average Bonchev–Trinajstić information content (AvgIpc) is 2.47. The average molecular weight is 276 g/mol. The van der Waals surface area contributed by atoms with E-state index in [-0.39, 0.29) is 5.91 Å². The van der Waals surface area contributed by atoms with Crippen LogP contribution in [0.1, 0.15) is 11.1 Å². The highest BCUT2D eigenvalue weighted by Crippen LogP contribution is 2.21. The van der Waals surface area contributed by atoms with Crippen LogP contribution in [0.4, 0.5) is 5.69 Å². The van der Waals surface area contributed by atoms with Crippen molar-refractivity contribution in [3.05, 3.63) is 71.9 Å². The Kier molecular flexibility index (Phi) is 3.65. The number of fused-ring (bicyclic) bond motifs is 1. The second-order valence-corrected chi connectivity index (χ2v) is 5.09. The van der Waals surface area contributed by atoms with Crippen LogP contribution >= 0.6 is 0 Å². The van der Waals surface area contributed by atoms with E-state index >= 15 is 0 Å². The number of pyridine rings is 1. The number of carbonyl (C=O) groups is 1. The zero-order valence-corrected chi connectivity index (χ0v) is 11.8. The Labute approximate surface area is 123 Å². The van der Waals surface area contributed by atoms with Crippen molar-refractivity contribution in [2.24, 2.45) is 0 Å². The van der Waals surface area contributed by atoms with Crippen molar-refractivity contribution in [3.8, 4) is 0 Å². The molecule has 3 nitrogen and oxygen atoms in total. The van der Waals surface area contributed by atoms with Crippen molar-refractivity contribution < 1.29 is 4.79 Å². The molecule has 0 bridgehead atoms. The molecule has 1 aromatic heterocycles. The lowest BCUT2D eigenvalue weighted by atomic mass is 10.1. The summed E-state index contributed by atoms with van der Waals surface area (Å²) in [6.45, 7) is 2.03. The zero-order valence-electron chi connectivity index (χ0n) is 11.8. The van der Waals surface area contributed by atoms with E-state index < -0.39 is 0 Å². The van der Waals surface area contributed by atoms with E-state index in [1.165, 1.54) is 0 Å². The van der Waals surface area contributed by atoms with Gasteiger partial charge in [0.2, 0.25) is 5.91 Å². The van der Waals surface area contributed by atoms with Crippen molar-refractivity contribution in [2.75, 3.05) is 5.32 Å². The first kappa shape index (κ1) is 13.3. The molecule has 21 heavy (non-hydrogen) atoms. The number of carbonyl (C=O) groups excluding carboxylic acids is 1. The maximum atomic E-state index is 12.2. The zero-order chi connectivity index (χ0) is 14.7. The van der Waals surface area contributed by atoms with E-state index in [9.17, 15) is 4.79 Å². The minimum absolute atomic E-state index is 0.0167. The Morgan fingerprint density at radius 1 is 1.10 bits per heavy atom. The fourth-order valence-corrected chi connectivity index (χ4v) is 2.41. The van der Waals surface area contributed by atoms with E-state index in [0.29, 0.717) is 6.42 Å². The molecule has 2 aromatic carbocycles. The number of hydrogen-bond donors (Lipinski definition) is 1. The molecule has 3 aromatic rings. The molecule has 3 rings (SSSR count). The first-order valence-electron chi connectivity index (χ1n) is 6.91. The van der Waals surface area contributed by atoms with Crippen molar-refractivity contribution in [2.45, 2.75) is 13.3 Å². The Morgan fingerprint density at radius 3 is 2.81 bits per heavy atom. The number of nitrogens with one attached hydrogen (secondary N) is 1. The largest absolute Gasteiger partial charge is 0.325 e. The second kappa shape index (κ2) is 5.75. The van der Waals surface area contributed by atoms with Crippen LogP contribution in [-0.4, -0.2) is 10.9 Å². The molecule has 1 N–H and O–H groups in total. The SMILES string of the molecule is Cc1cccc(CC(=O)Nc2cccc3ncccc23)c1. The fourth-order valence-electron chi connectivity index (χ4n) is 2.41. The maximum Gasteiger partial charge on any atom is 0.228 e. The van der Waals surface area contributed by atoms with Gasteiger partial charge in [0.1, 0.15) is 0 Å². The van der Waals surface area contributed by atoms with Gasteiger partial charge < -0.3 is 5.32 Å². The number of anilines is 1.